The molecule has 0 rings (SSSR count). The van der Waals surface area contributed by atoms with Gasteiger partial charge < -0.3 is 0 Å². The van der Waals surface area contributed by atoms with Crippen molar-refractivity contribution in [2.75, 3.05) is 5.75 Å². The van der Waals surface area contributed by atoms with E-state index in [4.69, 9.17) is 0 Å². The lowest BCUT2D eigenvalue weighted by Crippen LogP contribution is -2.30. The molecule has 0 aromatic carbocycles. The molecule has 0 aliphatic heterocycles. The molecule has 0 saturated heterocycles. The summed E-state index contributed by atoms with van der Waals surface area (Å²) in [5, 5.41) is -0.528. The summed E-state index contributed by atoms with van der Waals surface area (Å²) in [4.78, 5) is 0. The highest BCUT2D eigenvalue weighted by atomic mass is 32.2. The molecule has 0 amide bonds. The highest BCUT2D eigenvalue weighted by Gasteiger charge is 2.09. The maximum absolute atomic E-state index is 10.9. The van der Waals surface area contributed by atoms with Gasteiger partial charge in [0.15, 0.2) is 0 Å². The molecule has 1 atom stereocenters. The van der Waals surface area contributed by atoms with Crippen molar-refractivity contribution in [3.63, 3.8) is 0 Å². The molecule has 0 aromatic heterocycles. The van der Waals surface area contributed by atoms with Crippen LogP contribution < -0.4 is 4.72 Å². The highest BCUT2D eigenvalue weighted by molar-refractivity contribution is 7.90. The van der Waals surface area contributed by atoms with E-state index in [2.05, 4.69) is 30.5 Å². The van der Waals surface area contributed by atoms with E-state index in [1.165, 1.54) is 12.2 Å². The van der Waals surface area contributed by atoms with Crippen molar-refractivity contribution < 1.29 is 8.42 Å². The Bertz CT molecular complexity index is 233. The lowest BCUT2D eigenvalue weighted by molar-refractivity contribution is 0.587. The van der Waals surface area contributed by atoms with Crippen LogP contribution in [-0.2, 0) is 10.0 Å². The molecule has 64 valence electrons. The lowest BCUT2D eigenvalue weighted by Gasteiger charge is -2.06. The molecule has 0 saturated carbocycles. The van der Waals surface area contributed by atoms with Crippen LogP contribution in [0.15, 0.2) is 25.3 Å². The fourth-order valence-electron chi connectivity index (χ4n) is 0.435. The largest absolute Gasteiger partial charge is 0.216 e. The van der Waals surface area contributed by atoms with Gasteiger partial charge in [-0.05, 0) is 0 Å². The average Bonchev–Trinajstić information content (AvgIpc) is 1.86. The number of nitrogens with one attached hydrogen (secondary N) is 1. The minimum Gasteiger partial charge on any atom is -0.212 e. The van der Waals surface area contributed by atoms with Crippen molar-refractivity contribution in [3.8, 4) is 0 Å². The van der Waals surface area contributed by atoms with Gasteiger partial charge in [0, 0.05) is 0 Å². The Hall–Kier alpha value is -0.260. The number of hydrogen-bond acceptors (Lipinski definition) is 3. The van der Waals surface area contributed by atoms with Crippen molar-refractivity contribution in [2.24, 2.45) is 0 Å². The quantitative estimate of drug-likeness (QED) is 0.380. The Morgan fingerprint density at radius 2 is 2.09 bits per heavy atom. The van der Waals surface area contributed by atoms with E-state index in [0.717, 1.165) is 0 Å². The summed E-state index contributed by atoms with van der Waals surface area (Å²) in [6.07, 6.45) is 2.70. The summed E-state index contributed by atoms with van der Waals surface area (Å²) in [6, 6.07) is 0. The van der Waals surface area contributed by atoms with Crippen LogP contribution in [0, 0.1) is 0 Å². The first kappa shape index (κ1) is 10.7. The van der Waals surface area contributed by atoms with Gasteiger partial charge in [0.1, 0.15) is 0 Å². The molecule has 3 nitrogen and oxygen atoms in total. The zero-order chi connectivity index (χ0) is 8.91. The van der Waals surface area contributed by atoms with E-state index in [0.29, 0.717) is 0 Å². The van der Waals surface area contributed by atoms with Gasteiger partial charge in [-0.25, -0.2) is 8.42 Å². The van der Waals surface area contributed by atoms with Crippen LogP contribution in [0.25, 0.3) is 0 Å². The van der Waals surface area contributed by atoms with Crippen LogP contribution in [0.3, 0.4) is 0 Å². The second-order valence-electron chi connectivity index (χ2n) is 1.87. The fraction of sp³-hybridized carbons (Fsp3) is 0.333. The highest BCUT2D eigenvalue weighted by Crippen LogP contribution is 1.94. The third-order valence-electron chi connectivity index (χ3n) is 0.861. The van der Waals surface area contributed by atoms with Gasteiger partial charge >= 0.3 is 0 Å². The minimum absolute atomic E-state index is 0.0993. The van der Waals surface area contributed by atoms with Crippen LogP contribution in [-0.4, -0.2) is 19.5 Å². The third-order valence-corrected chi connectivity index (χ3v) is 2.66. The maximum atomic E-state index is 10.9. The fourth-order valence-corrected chi connectivity index (χ4v) is 1.79. The molecule has 11 heavy (non-hydrogen) atoms. The zero-order valence-electron chi connectivity index (χ0n) is 6.03. The molecule has 5 heteroatoms. The van der Waals surface area contributed by atoms with E-state index in [1.807, 2.05) is 0 Å². The number of thiol groups is 1. The first-order valence-corrected chi connectivity index (χ1v) is 5.10. The monoisotopic (exact) mass is 193 g/mol. The number of sulfonamides is 1. The van der Waals surface area contributed by atoms with Crippen molar-refractivity contribution >= 4 is 22.7 Å². The van der Waals surface area contributed by atoms with Gasteiger partial charge in [-0.1, -0.05) is 12.2 Å². The van der Waals surface area contributed by atoms with Crippen molar-refractivity contribution in [3.05, 3.63) is 25.3 Å². The van der Waals surface area contributed by atoms with E-state index < -0.39 is 15.4 Å². The molecule has 0 radical (unpaired) electrons. The topological polar surface area (TPSA) is 46.2 Å². The summed E-state index contributed by atoms with van der Waals surface area (Å²) in [6.45, 7) is 6.68. The van der Waals surface area contributed by atoms with E-state index in [1.54, 1.807) is 0 Å². The molecule has 0 aromatic rings. The van der Waals surface area contributed by atoms with E-state index >= 15 is 0 Å². The third kappa shape index (κ3) is 5.06. The Morgan fingerprint density at radius 1 is 1.55 bits per heavy atom. The Balaban J connectivity index is 4.12. The molecular formula is C6H11NO2S2. The molecule has 0 aliphatic carbocycles. The molecule has 0 bridgehead atoms. The van der Waals surface area contributed by atoms with Crippen LogP contribution in [0.4, 0.5) is 0 Å². The lowest BCUT2D eigenvalue weighted by atomic mass is 10.7. The van der Waals surface area contributed by atoms with Crippen molar-refractivity contribution in [2.45, 2.75) is 5.37 Å². The van der Waals surface area contributed by atoms with Crippen LogP contribution in [0.5, 0.6) is 0 Å². The van der Waals surface area contributed by atoms with Crippen LogP contribution >= 0.6 is 12.6 Å². The second-order valence-corrected chi connectivity index (χ2v) is 4.22. The van der Waals surface area contributed by atoms with E-state index in [9.17, 15) is 8.42 Å². The number of hydrogen-bond donors (Lipinski definition) is 2. The normalized spacial score (nSPS) is 13.9. The zero-order valence-corrected chi connectivity index (χ0v) is 7.74. The standard InChI is InChI=1S/C6H11NO2S2/c1-3-5-11(8,9)7-6(10)4-2/h3-4,6-7,10H,1-2,5H2. The molecule has 0 fully saturated rings. The van der Waals surface area contributed by atoms with Gasteiger partial charge in [0.25, 0.3) is 0 Å². The maximum Gasteiger partial charge on any atom is 0.216 e. The van der Waals surface area contributed by atoms with Crippen molar-refractivity contribution in [1.29, 1.82) is 0 Å². The molecule has 0 aliphatic rings. The molecule has 1 N–H and O–H groups in total. The van der Waals surface area contributed by atoms with E-state index in [-0.39, 0.29) is 5.75 Å². The first-order valence-electron chi connectivity index (χ1n) is 2.93. The summed E-state index contributed by atoms with van der Waals surface area (Å²) < 4.78 is 24.1. The minimum atomic E-state index is -3.26. The average molecular weight is 193 g/mol. The molecular weight excluding hydrogens is 182 g/mol. The SMILES string of the molecule is C=CCS(=O)(=O)NC(S)C=C. The van der Waals surface area contributed by atoms with Gasteiger partial charge in [-0.2, -0.15) is 17.4 Å². The molecule has 1 unspecified atom stereocenters. The predicted molar refractivity (Wildman–Crippen MR) is 50.1 cm³/mol. The van der Waals surface area contributed by atoms with Crippen LogP contribution in [0.1, 0.15) is 0 Å². The second kappa shape index (κ2) is 4.58. The van der Waals surface area contributed by atoms with Gasteiger partial charge in [0.2, 0.25) is 10.0 Å². The van der Waals surface area contributed by atoms with Gasteiger partial charge in [0.05, 0.1) is 11.1 Å². The Kier molecular flexibility index (Phi) is 4.48. The molecule has 0 spiro atoms. The predicted octanol–water partition coefficient (Wildman–Crippen LogP) is 0.534. The summed E-state index contributed by atoms with van der Waals surface area (Å²) in [5.41, 5.74) is 0. The Labute approximate surface area is 72.7 Å². The summed E-state index contributed by atoms with van der Waals surface area (Å²) in [7, 11) is -3.26. The Morgan fingerprint density at radius 3 is 2.45 bits per heavy atom. The summed E-state index contributed by atoms with van der Waals surface area (Å²) >= 11 is 3.87. The van der Waals surface area contributed by atoms with Crippen molar-refractivity contribution in [1.82, 2.24) is 4.72 Å². The molecule has 0 heterocycles. The number of rotatable bonds is 5. The smallest absolute Gasteiger partial charge is 0.212 e. The van der Waals surface area contributed by atoms with Gasteiger partial charge in [-0.3, -0.25) is 0 Å². The van der Waals surface area contributed by atoms with Gasteiger partial charge in [-0.15, -0.1) is 13.2 Å². The first-order chi connectivity index (χ1) is 5.02. The van der Waals surface area contributed by atoms with Crippen LogP contribution in [0.2, 0.25) is 0 Å². The summed E-state index contributed by atoms with van der Waals surface area (Å²) in [5.74, 6) is -0.0993.